The van der Waals surface area contributed by atoms with Gasteiger partial charge in [-0.1, -0.05) is 62.1 Å². The van der Waals surface area contributed by atoms with Crippen LogP contribution in [0.1, 0.15) is 55.5 Å². The molecule has 2 rings (SSSR count). The Morgan fingerprint density at radius 1 is 1.19 bits per heavy atom. The second kappa shape index (κ2) is 9.91. The number of carbonyl (C=O) groups excluding carboxylic acids is 1. The van der Waals surface area contributed by atoms with Crippen LogP contribution in [-0.4, -0.2) is 31.1 Å². The van der Waals surface area contributed by atoms with Gasteiger partial charge in [0, 0.05) is 12.1 Å². The van der Waals surface area contributed by atoms with Gasteiger partial charge in [-0.05, 0) is 31.4 Å². The molecule has 148 valence electrons. The summed E-state index contributed by atoms with van der Waals surface area (Å²) in [5.74, 6) is -0.0537. The van der Waals surface area contributed by atoms with Crippen molar-refractivity contribution in [3.8, 4) is 0 Å². The van der Waals surface area contributed by atoms with Gasteiger partial charge >= 0.3 is 0 Å². The molecule has 1 amide bonds. The van der Waals surface area contributed by atoms with Gasteiger partial charge in [0.1, 0.15) is 0 Å². The normalized spacial score (nSPS) is 12.7. The highest BCUT2D eigenvalue weighted by atomic mass is 32.2. The van der Waals surface area contributed by atoms with Gasteiger partial charge in [0.05, 0.1) is 0 Å². The molecule has 2 N–H and O–H groups in total. The monoisotopic (exact) mass is 410 g/mol. The van der Waals surface area contributed by atoms with E-state index in [-0.39, 0.29) is 15.4 Å². The van der Waals surface area contributed by atoms with E-state index in [4.69, 9.17) is 0 Å². The Morgan fingerprint density at radius 2 is 1.89 bits per heavy atom. The topological polar surface area (TPSA) is 101 Å². The van der Waals surface area contributed by atoms with Crippen LogP contribution in [0.25, 0.3) is 0 Å². The van der Waals surface area contributed by atoms with E-state index >= 15 is 0 Å². The molecule has 2 aromatic rings. The number of unbranched alkanes of at least 4 members (excludes halogenated alkanes) is 1. The largest absolute Gasteiger partial charge is 0.296 e. The minimum Gasteiger partial charge on any atom is -0.296 e. The molecule has 1 aromatic carbocycles. The van der Waals surface area contributed by atoms with Gasteiger partial charge in [-0.2, -0.15) is 0 Å². The molecule has 0 spiro atoms. The minimum atomic E-state index is -3.73. The molecule has 0 saturated carbocycles. The van der Waals surface area contributed by atoms with Gasteiger partial charge in [0.15, 0.2) is 0 Å². The number of rotatable bonds is 10. The first-order valence-corrected chi connectivity index (χ1v) is 11.4. The molecule has 27 heavy (non-hydrogen) atoms. The van der Waals surface area contributed by atoms with E-state index in [1.165, 1.54) is 0 Å². The maximum absolute atomic E-state index is 12.4. The highest BCUT2D eigenvalue weighted by Gasteiger charge is 2.22. The summed E-state index contributed by atoms with van der Waals surface area (Å²) < 4.78 is 27.3. The van der Waals surface area contributed by atoms with Crippen LogP contribution in [0.2, 0.25) is 0 Å². The van der Waals surface area contributed by atoms with E-state index in [0.717, 1.165) is 42.6 Å². The van der Waals surface area contributed by atoms with Gasteiger partial charge in [0.25, 0.3) is 15.9 Å². The highest BCUT2D eigenvalue weighted by Crippen LogP contribution is 2.21. The number of anilines is 1. The summed E-state index contributed by atoms with van der Waals surface area (Å²) in [6.45, 7) is 6.48. The summed E-state index contributed by atoms with van der Waals surface area (Å²) in [7, 11) is -3.73. The second-order valence-corrected chi connectivity index (χ2v) is 9.38. The first-order chi connectivity index (χ1) is 12.9. The number of hydrogen-bond acceptors (Lipinski definition) is 6. The predicted molar refractivity (Wildman–Crippen MR) is 108 cm³/mol. The third-order valence-corrected chi connectivity index (χ3v) is 6.91. The predicted octanol–water partition coefficient (Wildman–Crippen LogP) is 3.59. The third kappa shape index (κ3) is 6.37. The Kier molecular flexibility index (Phi) is 7.88. The number of sulfonamides is 1. The summed E-state index contributed by atoms with van der Waals surface area (Å²) >= 11 is 0.838. The third-order valence-electron chi connectivity index (χ3n) is 4.28. The Hall–Kier alpha value is -1.84. The SMILES string of the molecule is CCCC[C@@H](CC)CNS(=O)(=O)c1nnc(NC(=O)c2ccc(C)cc2)s1. The molecule has 1 atom stereocenters. The second-order valence-electron chi connectivity index (χ2n) is 6.46. The standard InChI is InChI=1S/C18H26N4O3S2/c1-4-6-7-14(5-2)12-19-27(24,25)18-22-21-17(26-18)20-16(23)15-10-8-13(3)9-11-15/h8-11,14,19H,4-7,12H2,1-3H3,(H,20,21,23)/t14-/m1/s1. The number of amides is 1. The van der Waals surface area contributed by atoms with Crippen molar-refractivity contribution in [2.45, 2.75) is 50.8 Å². The molecule has 9 heteroatoms. The number of hydrogen-bond donors (Lipinski definition) is 2. The molecule has 0 saturated heterocycles. The average molecular weight is 411 g/mol. The van der Waals surface area contributed by atoms with Gasteiger partial charge in [-0.3, -0.25) is 10.1 Å². The molecule has 1 aromatic heterocycles. The molecule has 0 unspecified atom stereocenters. The molecular formula is C18H26N4O3S2. The van der Waals surface area contributed by atoms with Crippen LogP contribution in [0.3, 0.4) is 0 Å². The maximum atomic E-state index is 12.4. The number of nitrogens with zero attached hydrogens (tertiary/aromatic N) is 2. The maximum Gasteiger partial charge on any atom is 0.269 e. The van der Waals surface area contributed by atoms with Crippen molar-refractivity contribution < 1.29 is 13.2 Å². The fraction of sp³-hybridized carbons (Fsp3) is 0.500. The Bertz CT molecular complexity index is 848. The van der Waals surface area contributed by atoms with Crippen LogP contribution in [0.15, 0.2) is 28.6 Å². The van der Waals surface area contributed by atoms with Crippen LogP contribution < -0.4 is 10.0 Å². The molecular weight excluding hydrogens is 384 g/mol. The molecule has 0 aliphatic carbocycles. The number of aryl methyl sites for hydroxylation is 1. The lowest BCUT2D eigenvalue weighted by Crippen LogP contribution is -2.29. The number of nitrogens with one attached hydrogen (secondary N) is 2. The minimum absolute atomic E-state index is 0.146. The van der Waals surface area contributed by atoms with Gasteiger partial charge < -0.3 is 0 Å². The lowest BCUT2D eigenvalue weighted by atomic mass is 10.00. The van der Waals surface area contributed by atoms with E-state index in [2.05, 4.69) is 34.1 Å². The van der Waals surface area contributed by atoms with E-state index in [1.807, 2.05) is 19.1 Å². The molecule has 7 nitrogen and oxygen atoms in total. The smallest absolute Gasteiger partial charge is 0.269 e. The molecule has 0 fully saturated rings. The molecule has 0 aliphatic heterocycles. The number of benzene rings is 1. The zero-order chi connectivity index (χ0) is 19.9. The van der Waals surface area contributed by atoms with Gasteiger partial charge in [-0.15, -0.1) is 10.2 Å². The Morgan fingerprint density at radius 3 is 2.52 bits per heavy atom. The highest BCUT2D eigenvalue weighted by molar-refractivity contribution is 7.91. The summed E-state index contributed by atoms with van der Waals surface area (Å²) in [6.07, 6.45) is 4.07. The summed E-state index contributed by atoms with van der Waals surface area (Å²) in [6, 6.07) is 7.06. The van der Waals surface area contributed by atoms with Crippen molar-refractivity contribution in [3.05, 3.63) is 35.4 Å². The molecule has 0 aliphatic rings. The van der Waals surface area contributed by atoms with Crippen LogP contribution >= 0.6 is 11.3 Å². The van der Waals surface area contributed by atoms with Crippen molar-refractivity contribution >= 4 is 32.4 Å². The molecule has 0 bridgehead atoms. The average Bonchev–Trinajstić information content (AvgIpc) is 3.12. The lowest BCUT2D eigenvalue weighted by Gasteiger charge is -2.14. The molecule has 0 radical (unpaired) electrons. The van der Waals surface area contributed by atoms with Crippen LogP contribution in [0, 0.1) is 12.8 Å². The van der Waals surface area contributed by atoms with Crippen LogP contribution in [0.5, 0.6) is 0 Å². The Labute approximate surface area is 164 Å². The fourth-order valence-corrected chi connectivity index (χ4v) is 4.53. The summed E-state index contributed by atoms with van der Waals surface area (Å²) in [4.78, 5) is 12.2. The molecule has 1 heterocycles. The van der Waals surface area contributed by atoms with Gasteiger partial charge in [-0.25, -0.2) is 13.1 Å². The van der Waals surface area contributed by atoms with E-state index in [0.29, 0.717) is 18.0 Å². The number of carbonyl (C=O) groups is 1. The van der Waals surface area contributed by atoms with Crippen LogP contribution in [-0.2, 0) is 10.0 Å². The quantitative estimate of drug-likeness (QED) is 0.583. The summed E-state index contributed by atoms with van der Waals surface area (Å²) in [5.41, 5.74) is 1.52. The fourth-order valence-electron chi connectivity index (χ4n) is 2.48. The van der Waals surface area contributed by atoms with Crippen molar-refractivity contribution in [2.75, 3.05) is 11.9 Å². The van der Waals surface area contributed by atoms with Crippen molar-refractivity contribution in [3.63, 3.8) is 0 Å². The van der Waals surface area contributed by atoms with Crippen molar-refractivity contribution in [1.29, 1.82) is 0 Å². The van der Waals surface area contributed by atoms with Gasteiger partial charge in [0.2, 0.25) is 9.47 Å². The van der Waals surface area contributed by atoms with Crippen molar-refractivity contribution in [1.82, 2.24) is 14.9 Å². The number of aromatic nitrogens is 2. The zero-order valence-electron chi connectivity index (χ0n) is 15.9. The lowest BCUT2D eigenvalue weighted by molar-refractivity contribution is 0.102. The summed E-state index contributed by atoms with van der Waals surface area (Å²) in [5, 5.41) is 10.2. The van der Waals surface area contributed by atoms with Crippen molar-refractivity contribution in [2.24, 2.45) is 5.92 Å². The van der Waals surface area contributed by atoms with E-state index in [1.54, 1.807) is 12.1 Å². The first kappa shape index (κ1) is 21.5. The zero-order valence-corrected chi connectivity index (χ0v) is 17.5. The van der Waals surface area contributed by atoms with Crippen LogP contribution in [0.4, 0.5) is 5.13 Å². The first-order valence-electron chi connectivity index (χ1n) is 9.07. The Balaban J connectivity index is 1.98. The van der Waals surface area contributed by atoms with E-state index in [9.17, 15) is 13.2 Å². The van der Waals surface area contributed by atoms with E-state index < -0.39 is 10.0 Å².